The summed E-state index contributed by atoms with van der Waals surface area (Å²) in [5, 5.41) is 1.83. The van der Waals surface area contributed by atoms with Crippen LogP contribution >= 0.6 is 11.3 Å². The van der Waals surface area contributed by atoms with E-state index in [4.69, 9.17) is 4.74 Å². The van der Waals surface area contributed by atoms with Crippen molar-refractivity contribution in [2.75, 3.05) is 13.7 Å². The molecule has 1 aromatic carbocycles. The van der Waals surface area contributed by atoms with Crippen LogP contribution in [0.15, 0.2) is 66.3 Å². The summed E-state index contributed by atoms with van der Waals surface area (Å²) in [5.41, 5.74) is 1.78. The maximum Gasteiger partial charge on any atom is 0.350 e. The maximum atomic E-state index is 12.3. The zero-order chi connectivity index (χ0) is 17.6. The minimum atomic E-state index is -0.486. The van der Waals surface area contributed by atoms with Crippen molar-refractivity contribution in [2.45, 2.75) is 6.54 Å². The van der Waals surface area contributed by atoms with Gasteiger partial charge >= 0.3 is 5.97 Å². The van der Waals surface area contributed by atoms with Crippen LogP contribution in [0.25, 0.3) is 5.69 Å². The number of nitrogens with zero attached hydrogens (tertiary/aromatic N) is 2. The number of hydrogen-bond donors (Lipinski definition) is 0. The summed E-state index contributed by atoms with van der Waals surface area (Å²) in [6.45, 7) is 0.204. The summed E-state index contributed by atoms with van der Waals surface area (Å²) in [6.07, 6.45) is 3.72. The molecule has 2 heterocycles. The van der Waals surface area contributed by atoms with Gasteiger partial charge in [-0.25, -0.2) is 4.79 Å². The highest BCUT2D eigenvalue weighted by Crippen LogP contribution is 2.22. The highest BCUT2D eigenvalue weighted by molar-refractivity contribution is 7.12. The third-order valence-corrected chi connectivity index (χ3v) is 4.61. The number of aromatic nitrogens is 1. The molecule has 0 atom stereocenters. The average molecular weight is 354 g/mol. The molecule has 0 radical (unpaired) electrons. The number of thiophene rings is 1. The first-order valence-corrected chi connectivity index (χ1v) is 8.69. The van der Waals surface area contributed by atoms with Crippen molar-refractivity contribution in [1.29, 1.82) is 0 Å². The number of hydrogen-bond acceptors (Lipinski definition) is 4. The van der Waals surface area contributed by atoms with Crippen LogP contribution in [0.4, 0.5) is 0 Å². The topological polar surface area (TPSA) is 51.5 Å². The van der Waals surface area contributed by atoms with Gasteiger partial charge in [0.2, 0.25) is 0 Å². The van der Waals surface area contributed by atoms with E-state index in [-0.39, 0.29) is 12.5 Å². The molecule has 0 saturated carbocycles. The fourth-order valence-corrected chi connectivity index (χ4v) is 3.18. The molecular weight excluding hydrogens is 336 g/mol. The Morgan fingerprint density at radius 3 is 2.52 bits per heavy atom. The van der Waals surface area contributed by atoms with E-state index in [0.717, 1.165) is 11.3 Å². The van der Waals surface area contributed by atoms with Gasteiger partial charge in [0.25, 0.3) is 5.91 Å². The zero-order valence-electron chi connectivity index (χ0n) is 13.8. The van der Waals surface area contributed by atoms with Crippen LogP contribution in [-0.4, -0.2) is 35.0 Å². The number of ether oxygens (including phenoxy) is 1. The van der Waals surface area contributed by atoms with Crippen LogP contribution in [0.5, 0.6) is 0 Å². The predicted molar refractivity (Wildman–Crippen MR) is 96.8 cm³/mol. The summed E-state index contributed by atoms with van der Waals surface area (Å²) in [6, 6.07) is 15.3. The minimum Gasteiger partial charge on any atom is -0.451 e. The number of rotatable bonds is 6. The third kappa shape index (κ3) is 4.16. The number of esters is 1. The molecule has 25 heavy (non-hydrogen) atoms. The summed E-state index contributed by atoms with van der Waals surface area (Å²) in [7, 11) is 1.69. The average Bonchev–Trinajstić information content (AvgIpc) is 3.30. The molecule has 0 N–H and O–H groups in total. The Morgan fingerprint density at radius 2 is 1.80 bits per heavy atom. The number of benzene rings is 1. The summed E-state index contributed by atoms with van der Waals surface area (Å²) < 4.78 is 7.06. The molecule has 0 fully saturated rings. The van der Waals surface area contributed by atoms with Crippen molar-refractivity contribution in [3.63, 3.8) is 0 Å². The quantitative estimate of drug-likeness (QED) is 0.638. The van der Waals surface area contributed by atoms with Crippen molar-refractivity contribution in [1.82, 2.24) is 9.47 Å². The van der Waals surface area contributed by atoms with Gasteiger partial charge < -0.3 is 14.2 Å². The molecule has 128 valence electrons. The second kappa shape index (κ2) is 7.81. The molecule has 2 aromatic heterocycles. The first-order valence-electron chi connectivity index (χ1n) is 7.81. The highest BCUT2D eigenvalue weighted by atomic mass is 32.1. The molecule has 0 aliphatic rings. The molecule has 0 aliphatic carbocycles. The van der Waals surface area contributed by atoms with Gasteiger partial charge in [0.15, 0.2) is 6.61 Å². The third-order valence-electron chi connectivity index (χ3n) is 3.73. The van der Waals surface area contributed by atoms with Crippen molar-refractivity contribution in [3.05, 3.63) is 76.7 Å². The Kier molecular flexibility index (Phi) is 5.30. The molecule has 0 spiro atoms. The van der Waals surface area contributed by atoms with Crippen molar-refractivity contribution >= 4 is 23.2 Å². The number of amides is 1. The van der Waals surface area contributed by atoms with E-state index in [9.17, 15) is 9.59 Å². The Labute approximate surface area is 150 Å². The van der Waals surface area contributed by atoms with E-state index in [1.807, 2.05) is 70.9 Å². The molecule has 6 heteroatoms. The first-order chi connectivity index (χ1) is 12.1. The Morgan fingerprint density at radius 1 is 1.08 bits per heavy atom. The fourth-order valence-electron chi connectivity index (χ4n) is 2.40. The lowest BCUT2D eigenvalue weighted by Crippen LogP contribution is -2.30. The molecule has 0 aliphatic heterocycles. The predicted octanol–water partition coefficient (Wildman–Crippen LogP) is 3.35. The van der Waals surface area contributed by atoms with E-state index < -0.39 is 5.97 Å². The van der Waals surface area contributed by atoms with E-state index in [0.29, 0.717) is 11.4 Å². The molecule has 0 saturated heterocycles. The van der Waals surface area contributed by atoms with Crippen LogP contribution in [0.3, 0.4) is 0 Å². The van der Waals surface area contributed by atoms with Gasteiger partial charge in [-0.3, -0.25) is 4.79 Å². The van der Waals surface area contributed by atoms with Crippen LogP contribution in [-0.2, 0) is 16.1 Å². The lowest BCUT2D eigenvalue weighted by Gasteiger charge is -2.17. The molecule has 5 nitrogen and oxygen atoms in total. The zero-order valence-corrected chi connectivity index (χ0v) is 14.6. The SMILES string of the molecule is CN(Cc1ccccc1)C(=O)COC(=O)c1sccc1-n1cccc1. The first kappa shape index (κ1) is 17.0. The highest BCUT2D eigenvalue weighted by Gasteiger charge is 2.18. The van der Waals surface area contributed by atoms with Crippen molar-refractivity contribution in [2.24, 2.45) is 0 Å². The van der Waals surface area contributed by atoms with Crippen LogP contribution < -0.4 is 0 Å². The number of likely N-dealkylation sites (N-methyl/N-ethyl adjacent to an activating group) is 1. The van der Waals surface area contributed by atoms with Gasteiger partial charge in [0.1, 0.15) is 4.88 Å². The van der Waals surface area contributed by atoms with Crippen molar-refractivity contribution in [3.8, 4) is 5.69 Å². The molecule has 1 amide bonds. The van der Waals surface area contributed by atoms with E-state index >= 15 is 0 Å². The Hall–Kier alpha value is -2.86. The Balaban J connectivity index is 1.57. The van der Waals surface area contributed by atoms with Gasteiger partial charge in [-0.1, -0.05) is 30.3 Å². The summed E-state index contributed by atoms with van der Waals surface area (Å²) in [4.78, 5) is 26.5. The molecule has 0 unspecified atom stereocenters. The normalized spacial score (nSPS) is 10.4. The Bertz CT molecular complexity index is 841. The second-order valence-corrected chi connectivity index (χ2v) is 6.45. The van der Waals surface area contributed by atoms with Gasteiger partial charge in [0.05, 0.1) is 5.69 Å². The second-order valence-electron chi connectivity index (χ2n) is 5.54. The van der Waals surface area contributed by atoms with Crippen LogP contribution in [0.2, 0.25) is 0 Å². The van der Waals surface area contributed by atoms with E-state index in [1.54, 1.807) is 11.9 Å². The van der Waals surface area contributed by atoms with Gasteiger partial charge in [-0.15, -0.1) is 11.3 Å². The summed E-state index contributed by atoms with van der Waals surface area (Å²) in [5.74, 6) is -0.726. The monoisotopic (exact) mass is 354 g/mol. The van der Waals surface area contributed by atoms with Crippen LogP contribution in [0.1, 0.15) is 15.2 Å². The van der Waals surface area contributed by atoms with Gasteiger partial charge in [0, 0.05) is 26.0 Å². The standard InChI is InChI=1S/C19H18N2O3S/c1-20(13-15-7-3-2-4-8-15)17(22)14-24-19(23)18-16(9-12-25-18)21-10-5-6-11-21/h2-12H,13-14H2,1H3. The summed E-state index contributed by atoms with van der Waals surface area (Å²) >= 11 is 1.30. The number of carbonyl (C=O) groups is 2. The molecule has 0 bridgehead atoms. The maximum absolute atomic E-state index is 12.3. The molecular formula is C19H18N2O3S. The fraction of sp³-hybridized carbons (Fsp3) is 0.158. The molecule has 3 aromatic rings. The smallest absolute Gasteiger partial charge is 0.350 e. The van der Waals surface area contributed by atoms with Crippen LogP contribution in [0, 0.1) is 0 Å². The molecule has 3 rings (SSSR count). The van der Waals surface area contributed by atoms with E-state index in [1.165, 1.54) is 11.3 Å². The van der Waals surface area contributed by atoms with Gasteiger partial charge in [-0.2, -0.15) is 0 Å². The minimum absolute atomic E-state index is 0.240. The number of carbonyl (C=O) groups excluding carboxylic acids is 2. The van der Waals surface area contributed by atoms with Crippen molar-refractivity contribution < 1.29 is 14.3 Å². The largest absolute Gasteiger partial charge is 0.451 e. The lowest BCUT2D eigenvalue weighted by atomic mass is 10.2. The lowest BCUT2D eigenvalue weighted by molar-refractivity contribution is -0.133. The van der Waals surface area contributed by atoms with Gasteiger partial charge in [-0.05, 0) is 29.1 Å². The van der Waals surface area contributed by atoms with E-state index in [2.05, 4.69) is 0 Å².